The number of hydrogen-bond donors (Lipinski definition) is 0. The van der Waals surface area contributed by atoms with Crippen molar-refractivity contribution in [2.24, 2.45) is 35.5 Å². The fourth-order valence-electron chi connectivity index (χ4n) is 6.79. The SMILES string of the molecule is O=C1CC2C(CCC3OCOC32)C2CCC3CCCC3C12. The molecule has 4 aliphatic carbocycles. The molecule has 1 heterocycles. The average molecular weight is 290 g/mol. The summed E-state index contributed by atoms with van der Waals surface area (Å²) in [5.74, 6) is 4.45. The zero-order valence-corrected chi connectivity index (χ0v) is 12.7. The van der Waals surface area contributed by atoms with Crippen LogP contribution in [0.1, 0.15) is 51.4 Å². The maximum absolute atomic E-state index is 12.9. The van der Waals surface area contributed by atoms with E-state index in [1.54, 1.807) is 0 Å². The Hall–Kier alpha value is -0.410. The average Bonchev–Trinajstić information content (AvgIpc) is 3.15. The van der Waals surface area contributed by atoms with Crippen molar-refractivity contribution in [2.45, 2.75) is 63.6 Å². The summed E-state index contributed by atoms with van der Waals surface area (Å²) in [4.78, 5) is 12.9. The predicted octanol–water partition coefficient (Wildman–Crippen LogP) is 3.17. The lowest BCUT2D eigenvalue weighted by atomic mass is 9.52. The Morgan fingerprint density at radius 1 is 0.810 bits per heavy atom. The molecule has 3 heteroatoms. The quantitative estimate of drug-likeness (QED) is 0.687. The second kappa shape index (κ2) is 4.79. The third-order valence-corrected chi connectivity index (χ3v) is 7.54. The molecule has 1 aliphatic heterocycles. The number of ketones is 1. The van der Waals surface area contributed by atoms with Gasteiger partial charge in [-0.2, -0.15) is 0 Å². The summed E-state index contributed by atoms with van der Waals surface area (Å²) in [6.07, 6.45) is 10.4. The van der Waals surface area contributed by atoms with Gasteiger partial charge in [0.15, 0.2) is 0 Å². The first-order valence-electron chi connectivity index (χ1n) is 9.09. The molecule has 5 rings (SSSR count). The van der Waals surface area contributed by atoms with Gasteiger partial charge in [0, 0.05) is 12.3 Å². The van der Waals surface area contributed by atoms with Gasteiger partial charge in [-0.3, -0.25) is 4.79 Å². The van der Waals surface area contributed by atoms with Crippen LogP contribution in [-0.4, -0.2) is 24.8 Å². The van der Waals surface area contributed by atoms with E-state index in [0.29, 0.717) is 30.3 Å². The molecule has 0 N–H and O–H groups in total. The van der Waals surface area contributed by atoms with Crippen molar-refractivity contribution < 1.29 is 14.3 Å². The molecule has 116 valence electrons. The van der Waals surface area contributed by atoms with Crippen LogP contribution in [0.3, 0.4) is 0 Å². The highest BCUT2D eigenvalue weighted by molar-refractivity contribution is 5.83. The minimum absolute atomic E-state index is 0.218. The predicted molar refractivity (Wildman–Crippen MR) is 77.5 cm³/mol. The Morgan fingerprint density at radius 2 is 1.71 bits per heavy atom. The Labute approximate surface area is 126 Å². The van der Waals surface area contributed by atoms with Crippen LogP contribution < -0.4 is 0 Å². The molecule has 1 saturated heterocycles. The molecule has 3 nitrogen and oxygen atoms in total. The number of Topliss-reactive ketones (excluding diaryl/α,β-unsaturated/α-hetero) is 1. The molecule has 0 amide bonds. The minimum atomic E-state index is 0.218. The van der Waals surface area contributed by atoms with Gasteiger partial charge in [0.2, 0.25) is 0 Å². The summed E-state index contributed by atoms with van der Waals surface area (Å²) in [5.41, 5.74) is 0. The van der Waals surface area contributed by atoms with Crippen molar-refractivity contribution >= 4 is 5.78 Å². The number of carbonyl (C=O) groups excluding carboxylic acids is 1. The molecule has 0 radical (unpaired) electrons. The standard InChI is InChI=1S/C18H26O3/c19-15-8-14-12(6-7-16-18(14)21-9-20-16)13-5-4-10-2-1-3-11(10)17(13)15/h10-14,16-18H,1-9H2. The molecule has 0 aromatic carbocycles. The second-order valence-electron chi connectivity index (χ2n) is 8.15. The van der Waals surface area contributed by atoms with Gasteiger partial charge in [-0.05, 0) is 61.7 Å². The van der Waals surface area contributed by atoms with Crippen molar-refractivity contribution in [1.29, 1.82) is 0 Å². The molecule has 5 fully saturated rings. The van der Waals surface area contributed by atoms with Crippen LogP contribution >= 0.6 is 0 Å². The van der Waals surface area contributed by atoms with Crippen LogP contribution in [0.25, 0.3) is 0 Å². The largest absolute Gasteiger partial charge is 0.349 e. The van der Waals surface area contributed by atoms with Gasteiger partial charge in [0.25, 0.3) is 0 Å². The summed E-state index contributed by atoms with van der Waals surface area (Å²) in [5, 5.41) is 0. The zero-order chi connectivity index (χ0) is 14.0. The Kier molecular flexibility index (Phi) is 2.98. The molecule has 21 heavy (non-hydrogen) atoms. The summed E-state index contributed by atoms with van der Waals surface area (Å²) in [6, 6.07) is 0. The monoisotopic (exact) mass is 290 g/mol. The lowest BCUT2D eigenvalue weighted by molar-refractivity contribution is -0.145. The van der Waals surface area contributed by atoms with E-state index >= 15 is 0 Å². The van der Waals surface area contributed by atoms with Gasteiger partial charge in [0.1, 0.15) is 12.6 Å². The van der Waals surface area contributed by atoms with Crippen LogP contribution in [-0.2, 0) is 14.3 Å². The molecular formula is C18H26O3. The maximum atomic E-state index is 12.9. The molecule has 8 atom stereocenters. The van der Waals surface area contributed by atoms with E-state index in [1.807, 2.05) is 0 Å². The number of carbonyl (C=O) groups is 1. The van der Waals surface area contributed by atoms with E-state index in [-0.39, 0.29) is 12.2 Å². The lowest BCUT2D eigenvalue weighted by Crippen LogP contribution is -2.53. The molecule has 5 aliphatic rings. The van der Waals surface area contributed by atoms with Gasteiger partial charge < -0.3 is 9.47 Å². The minimum Gasteiger partial charge on any atom is -0.349 e. The van der Waals surface area contributed by atoms with Crippen molar-refractivity contribution in [3.05, 3.63) is 0 Å². The van der Waals surface area contributed by atoms with Crippen molar-refractivity contribution in [2.75, 3.05) is 6.79 Å². The first-order valence-corrected chi connectivity index (χ1v) is 9.09. The van der Waals surface area contributed by atoms with Crippen LogP contribution in [0.4, 0.5) is 0 Å². The summed E-state index contributed by atoms with van der Waals surface area (Å²) in [7, 11) is 0. The fraction of sp³-hybridized carbons (Fsp3) is 0.944. The molecule has 4 saturated carbocycles. The van der Waals surface area contributed by atoms with Crippen molar-refractivity contribution in [3.63, 3.8) is 0 Å². The smallest absolute Gasteiger partial charge is 0.147 e. The topological polar surface area (TPSA) is 35.5 Å². The second-order valence-corrected chi connectivity index (χ2v) is 8.15. The van der Waals surface area contributed by atoms with E-state index < -0.39 is 0 Å². The van der Waals surface area contributed by atoms with E-state index in [9.17, 15) is 4.79 Å². The van der Waals surface area contributed by atoms with Crippen LogP contribution in [0.15, 0.2) is 0 Å². The molecule has 0 aromatic rings. The third-order valence-electron chi connectivity index (χ3n) is 7.54. The highest BCUT2D eigenvalue weighted by atomic mass is 16.7. The third kappa shape index (κ3) is 1.83. The van der Waals surface area contributed by atoms with E-state index in [1.165, 1.54) is 38.5 Å². The Morgan fingerprint density at radius 3 is 2.67 bits per heavy atom. The number of hydrogen-bond acceptors (Lipinski definition) is 3. The number of fused-ring (bicyclic) bond motifs is 7. The van der Waals surface area contributed by atoms with Crippen LogP contribution in [0, 0.1) is 35.5 Å². The zero-order valence-electron chi connectivity index (χ0n) is 12.7. The van der Waals surface area contributed by atoms with Gasteiger partial charge in [-0.25, -0.2) is 0 Å². The van der Waals surface area contributed by atoms with Crippen molar-refractivity contribution in [3.8, 4) is 0 Å². The maximum Gasteiger partial charge on any atom is 0.147 e. The van der Waals surface area contributed by atoms with Gasteiger partial charge in [-0.15, -0.1) is 0 Å². The highest BCUT2D eigenvalue weighted by Crippen LogP contribution is 2.57. The first kappa shape index (κ1) is 13.1. The summed E-state index contributed by atoms with van der Waals surface area (Å²) in [6.45, 7) is 0.450. The number of rotatable bonds is 0. The summed E-state index contributed by atoms with van der Waals surface area (Å²) >= 11 is 0. The Bertz CT molecular complexity index is 448. The lowest BCUT2D eigenvalue weighted by Gasteiger charge is -2.52. The Balaban J connectivity index is 1.45. The fourth-order valence-corrected chi connectivity index (χ4v) is 6.79. The van der Waals surface area contributed by atoms with Crippen LogP contribution in [0.2, 0.25) is 0 Å². The van der Waals surface area contributed by atoms with Gasteiger partial charge in [0.05, 0.1) is 12.2 Å². The molecule has 0 spiro atoms. The normalized spacial score (nSPS) is 55.5. The number of ether oxygens (including phenoxy) is 2. The van der Waals surface area contributed by atoms with Gasteiger partial charge >= 0.3 is 0 Å². The van der Waals surface area contributed by atoms with E-state index in [2.05, 4.69) is 0 Å². The first-order chi connectivity index (χ1) is 10.3. The van der Waals surface area contributed by atoms with Crippen LogP contribution in [0.5, 0.6) is 0 Å². The highest BCUT2D eigenvalue weighted by Gasteiger charge is 2.56. The van der Waals surface area contributed by atoms with Crippen molar-refractivity contribution in [1.82, 2.24) is 0 Å². The van der Waals surface area contributed by atoms with Gasteiger partial charge in [-0.1, -0.05) is 12.8 Å². The molecule has 8 unspecified atom stereocenters. The molecular weight excluding hydrogens is 264 g/mol. The summed E-state index contributed by atoms with van der Waals surface area (Å²) < 4.78 is 11.6. The van der Waals surface area contributed by atoms with E-state index in [4.69, 9.17) is 9.47 Å². The van der Waals surface area contributed by atoms with E-state index in [0.717, 1.165) is 30.6 Å². The molecule has 0 aromatic heterocycles. The molecule has 0 bridgehead atoms.